The van der Waals surface area contributed by atoms with Gasteiger partial charge in [-0.3, -0.25) is 10.1 Å². The molecule has 0 unspecified atom stereocenters. The van der Waals surface area contributed by atoms with Crippen molar-refractivity contribution in [2.75, 3.05) is 0 Å². The summed E-state index contributed by atoms with van der Waals surface area (Å²) in [4.78, 5) is 10.4. The lowest BCUT2D eigenvalue weighted by Gasteiger charge is -2.13. The van der Waals surface area contributed by atoms with Gasteiger partial charge in [0, 0.05) is 22.7 Å². The van der Waals surface area contributed by atoms with Crippen molar-refractivity contribution in [1.29, 1.82) is 0 Å². The van der Waals surface area contributed by atoms with Crippen molar-refractivity contribution in [3.05, 3.63) is 63.2 Å². The average Bonchev–Trinajstić information content (AvgIpc) is 2.38. The van der Waals surface area contributed by atoms with E-state index < -0.39 is 11.0 Å². The van der Waals surface area contributed by atoms with Crippen LogP contribution in [-0.2, 0) is 0 Å². The molecule has 1 N–H and O–H groups in total. The van der Waals surface area contributed by atoms with Crippen LogP contribution in [0.3, 0.4) is 0 Å². The van der Waals surface area contributed by atoms with Crippen molar-refractivity contribution < 1.29 is 14.8 Å². The lowest BCUT2D eigenvalue weighted by Crippen LogP contribution is -1.98. The van der Waals surface area contributed by atoms with Gasteiger partial charge in [0.1, 0.15) is 5.75 Å². The summed E-state index contributed by atoms with van der Waals surface area (Å²) in [6, 6.07) is 10.9. The van der Waals surface area contributed by atoms with Crippen molar-refractivity contribution in [3.8, 4) is 11.5 Å². The van der Waals surface area contributed by atoms with E-state index >= 15 is 0 Å². The van der Waals surface area contributed by atoms with Gasteiger partial charge in [-0.15, -0.1) is 0 Å². The molecule has 2 rings (SSSR count). The van der Waals surface area contributed by atoms with Crippen LogP contribution in [0.25, 0.3) is 0 Å². The van der Waals surface area contributed by atoms with Gasteiger partial charge in [0.05, 0.1) is 11.0 Å². The Balaban J connectivity index is 2.45. The highest BCUT2D eigenvalue weighted by Crippen LogP contribution is 2.36. The van der Waals surface area contributed by atoms with Gasteiger partial charge >= 0.3 is 5.69 Å². The minimum Gasteiger partial charge on any atom is -0.450 e. The molecule has 0 bridgehead atoms. The van der Waals surface area contributed by atoms with Crippen LogP contribution >= 0.6 is 11.6 Å². The highest BCUT2D eigenvalue weighted by Gasteiger charge is 2.18. The minimum atomic E-state index is -0.746. The Hall–Kier alpha value is -2.11. The molecule has 2 aromatic rings. The van der Waals surface area contributed by atoms with E-state index in [9.17, 15) is 15.2 Å². The van der Waals surface area contributed by atoms with Gasteiger partial charge in [-0.1, -0.05) is 29.8 Å². The number of nitro benzene ring substituents is 1. The fourth-order valence-electron chi connectivity index (χ4n) is 1.76. The first-order valence-electron chi connectivity index (χ1n) is 5.88. The molecule has 20 heavy (non-hydrogen) atoms. The smallest absolute Gasteiger partial charge is 0.311 e. The second-order valence-electron chi connectivity index (χ2n) is 4.19. The molecule has 0 aliphatic rings. The molecule has 2 aromatic carbocycles. The number of hydrogen-bond acceptors (Lipinski definition) is 4. The lowest BCUT2D eigenvalue weighted by molar-refractivity contribution is -0.385. The number of benzene rings is 2. The first kappa shape index (κ1) is 14.3. The fraction of sp³-hybridized carbons (Fsp3) is 0.143. The summed E-state index contributed by atoms with van der Waals surface area (Å²) >= 11 is 5.84. The molecule has 0 saturated carbocycles. The monoisotopic (exact) mass is 293 g/mol. The second kappa shape index (κ2) is 5.90. The first-order chi connectivity index (χ1) is 9.49. The second-order valence-corrected chi connectivity index (χ2v) is 4.62. The molecule has 0 aliphatic carbocycles. The van der Waals surface area contributed by atoms with Gasteiger partial charge in [-0.05, 0) is 19.1 Å². The van der Waals surface area contributed by atoms with E-state index in [-0.39, 0.29) is 11.4 Å². The molecular weight excluding hydrogens is 282 g/mol. The summed E-state index contributed by atoms with van der Waals surface area (Å²) in [5.74, 6) is 0.392. The van der Waals surface area contributed by atoms with E-state index in [1.807, 2.05) is 0 Å². The normalized spacial score (nSPS) is 11.9. The van der Waals surface area contributed by atoms with Crippen molar-refractivity contribution in [2.24, 2.45) is 0 Å². The van der Waals surface area contributed by atoms with Crippen molar-refractivity contribution in [3.63, 3.8) is 0 Å². The maximum atomic E-state index is 11.0. The SMILES string of the molecule is C[C@@H](O)c1ccccc1Oc1cc(Cl)ccc1[N+](=O)[O-]. The predicted octanol–water partition coefficient (Wildman–Crippen LogP) is 4.09. The summed E-state index contributed by atoms with van der Waals surface area (Å²) < 4.78 is 5.56. The Morgan fingerprint density at radius 2 is 1.95 bits per heavy atom. The number of nitrogens with zero attached hydrogens (tertiary/aromatic N) is 1. The van der Waals surface area contributed by atoms with E-state index in [1.54, 1.807) is 31.2 Å². The van der Waals surface area contributed by atoms with Crippen LogP contribution in [0.2, 0.25) is 5.02 Å². The van der Waals surface area contributed by atoms with Gasteiger partial charge < -0.3 is 9.84 Å². The molecular formula is C14H12ClNO4. The Morgan fingerprint density at radius 1 is 1.25 bits per heavy atom. The molecule has 0 fully saturated rings. The van der Waals surface area contributed by atoms with Crippen molar-refractivity contribution in [2.45, 2.75) is 13.0 Å². The lowest BCUT2D eigenvalue weighted by atomic mass is 10.1. The van der Waals surface area contributed by atoms with Crippen molar-refractivity contribution in [1.82, 2.24) is 0 Å². The van der Waals surface area contributed by atoms with E-state index in [2.05, 4.69) is 0 Å². The highest BCUT2D eigenvalue weighted by molar-refractivity contribution is 6.30. The Labute approximate surface area is 120 Å². The first-order valence-corrected chi connectivity index (χ1v) is 6.25. The molecule has 5 nitrogen and oxygen atoms in total. The van der Waals surface area contributed by atoms with Crippen LogP contribution in [-0.4, -0.2) is 10.0 Å². The molecule has 0 aromatic heterocycles. The number of hydrogen-bond donors (Lipinski definition) is 1. The average molecular weight is 294 g/mol. The molecule has 1 atom stereocenters. The van der Waals surface area contributed by atoms with E-state index in [1.165, 1.54) is 18.2 Å². The third-order valence-corrected chi connectivity index (χ3v) is 2.94. The topological polar surface area (TPSA) is 72.6 Å². The highest BCUT2D eigenvalue weighted by atomic mass is 35.5. The van der Waals surface area contributed by atoms with Crippen LogP contribution in [0.5, 0.6) is 11.5 Å². The standard InChI is InChI=1S/C14H12ClNO4/c1-9(17)11-4-2-3-5-13(11)20-14-8-10(15)6-7-12(14)16(18)19/h2-9,17H,1H3/t9-/m1/s1. The Bertz CT molecular complexity index is 643. The number of ether oxygens (including phenoxy) is 1. The Kier molecular flexibility index (Phi) is 4.22. The molecule has 104 valence electrons. The molecule has 0 amide bonds. The Morgan fingerprint density at radius 3 is 2.60 bits per heavy atom. The summed E-state index contributed by atoms with van der Waals surface area (Å²) in [5, 5.41) is 21.0. The van der Waals surface area contributed by atoms with Crippen LogP contribution in [0.4, 0.5) is 5.69 Å². The zero-order valence-electron chi connectivity index (χ0n) is 10.6. The number of para-hydroxylation sites is 1. The van der Waals surface area contributed by atoms with Gasteiger partial charge in [0.25, 0.3) is 0 Å². The minimum absolute atomic E-state index is 0.0376. The van der Waals surface area contributed by atoms with Gasteiger partial charge in [0.15, 0.2) is 0 Å². The molecule has 0 saturated heterocycles. The maximum absolute atomic E-state index is 11.0. The van der Waals surface area contributed by atoms with E-state index in [4.69, 9.17) is 16.3 Å². The van der Waals surface area contributed by atoms with Crippen LogP contribution in [0, 0.1) is 10.1 Å². The number of halogens is 1. The quantitative estimate of drug-likeness (QED) is 0.680. The third kappa shape index (κ3) is 3.07. The van der Waals surface area contributed by atoms with Gasteiger partial charge in [-0.2, -0.15) is 0 Å². The molecule has 6 heteroatoms. The van der Waals surface area contributed by atoms with E-state index in [0.717, 1.165) is 0 Å². The molecule has 0 radical (unpaired) electrons. The van der Waals surface area contributed by atoms with Crippen LogP contribution in [0.1, 0.15) is 18.6 Å². The maximum Gasteiger partial charge on any atom is 0.311 e. The largest absolute Gasteiger partial charge is 0.450 e. The zero-order valence-corrected chi connectivity index (χ0v) is 11.4. The van der Waals surface area contributed by atoms with Crippen LogP contribution in [0.15, 0.2) is 42.5 Å². The molecule has 0 heterocycles. The number of rotatable bonds is 4. The van der Waals surface area contributed by atoms with Gasteiger partial charge in [0.2, 0.25) is 5.75 Å². The zero-order chi connectivity index (χ0) is 14.7. The predicted molar refractivity (Wildman–Crippen MR) is 75.3 cm³/mol. The number of aliphatic hydroxyl groups excluding tert-OH is 1. The summed E-state index contributed by atoms with van der Waals surface area (Å²) in [7, 11) is 0. The number of nitro groups is 1. The van der Waals surface area contributed by atoms with E-state index in [0.29, 0.717) is 16.3 Å². The third-order valence-electron chi connectivity index (χ3n) is 2.71. The fourth-order valence-corrected chi connectivity index (χ4v) is 1.92. The van der Waals surface area contributed by atoms with Crippen LogP contribution < -0.4 is 4.74 Å². The summed E-state index contributed by atoms with van der Waals surface area (Å²) in [6.07, 6.45) is -0.746. The van der Waals surface area contributed by atoms with Crippen molar-refractivity contribution >= 4 is 17.3 Å². The summed E-state index contributed by atoms with van der Waals surface area (Å²) in [5.41, 5.74) is 0.358. The molecule has 0 spiro atoms. The van der Waals surface area contributed by atoms with Gasteiger partial charge in [-0.25, -0.2) is 0 Å². The summed E-state index contributed by atoms with van der Waals surface area (Å²) in [6.45, 7) is 1.59. The number of aliphatic hydroxyl groups is 1. The molecule has 0 aliphatic heterocycles.